The molecule has 0 radical (unpaired) electrons. The first-order valence-electron chi connectivity index (χ1n) is 2.67. The Morgan fingerprint density at radius 1 is 1.08 bits per heavy atom. The van der Waals surface area contributed by atoms with Gasteiger partial charge < -0.3 is 10.5 Å². The Bertz CT molecular complexity index is 238. The van der Waals surface area contributed by atoms with Gasteiger partial charge in [0.25, 0.3) is 0 Å². The van der Waals surface area contributed by atoms with Crippen LogP contribution in [0.15, 0.2) is 30.3 Å². The fourth-order valence-electron chi connectivity index (χ4n) is 0.338. The second kappa shape index (κ2) is 16.4. The van der Waals surface area contributed by atoms with Gasteiger partial charge in [-0.3, -0.25) is 0 Å². The Morgan fingerprint density at radius 3 is 1.58 bits per heavy atom. The summed E-state index contributed by atoms with van der Waals surface area (Å²) in [6, 6.07) is 10.0. The van der Waals surface area contributed by atoms with E-state index in [2.05, 4.69) is 0 Å². The SMILES string of the molecule is O=[C]=[Mo+2]=[C]=O.[N-]=O.c1cc[cH-]c1. The molecule has 0 bridgehead atoms. The Morgan fingerprint density at radius 2 is 1.50 bits per heavy atom. The Hall–Kier alpha value is -1.20. The normalized spacial score (nSPS) is 5.00. The third-order valence-electron chi connectivity index (χ3n) is 0.639. The zero-order chi connectivity index (χ0) is 9.66. The number of nitrogens with zero attached hydrogens (tertiary/aromatic N) is 1. The average Bonchev–Trinajstić information content (AvgIpc) is 2.67. The second-order valence-corrected chi connectivity index (χ2v) is 2.55. The summed E-state index contributed by atoms with van der Waals surface area (Å²) in [5.41, 5.74) is 5.75. The number of hydrogen-bond donors (Lipinski definition) is 0. The van der Waals surface area contributed by atoms with Crippen molar-refractivity contribution < 1.29 is 27.2 Å². The molecule has 62 valence electrons. The van der Waals surface area contributed by atoms with Crippen molar-refractivity contribution in [3.63, 3.8) is 0 Å². The molecule has 4 nitrogen and oxygen atoms in total. The van der Waals surface area contributed by atoms with Crippen LogP contribution in [0.2, 0.25) is 0 Å². The van der Waals surface area contributed by atoms with E-state index in [1.54, 1.807) is 0 Å². The molecule has 1 aromatic rings. The molecular formula is C7H5MoNO3. The predicted molar refractivity (Wildman–Crippen MR) is 40.1 cm³/mol. The van der Waals surface area contributed by atoms with Gasteiger partial charge in [0.15, 0.2) is 0 Å². The molecule has 0 aliphatic carbocycles. The van der Waals surface area contributed by atoms with Crippen LogP contribution in [0.25, 0.3) is 5.59 Å². The maximum absolute atomic E-state index is 9.08. The third kappa shape index (κ3) is 15.9. The van der Waals surface area contributed by atoms with Crippen LogP contribution in [0.4, 0.5) is 0 Å². The van der Waals surface area contributed by atoms with Gasteiger partial charge in [-0.25, -0.2) is 12.1 Å². The van der Waals surface area contributed by atoms with E-state index in [4.69, 9.17) is 20.1 Å². The summed E-state index contributed by atoms with van der Waals surface area (Å²) < 4.78 is 2.95. The molecule has 0 atom stereocenters. The van der Waals surface area contributed by atoms with Gasteiger partial charge in [0.2, 0.25) is 0 Å². The molecule has 0 fully saturated rings. The van der Waals surface area contributed by atoms with Crippen LogP contribution in [0.1, 0.15) is 0 Å². The van der Waals surface area contributed by atoms with Crippen LogP contribution < -0.4 is 0 Å². The first-order valence-corrected chi connectivity index (χ1v) is 4.67. The second-order valence-electron chi connectivity index (χ2n) is 1.23. The van der Waals surface area contributed by atoms with E-state index in [0.29, 0.717) is 0 Å². The summed E-state index contributed by atoms with van der Waals surface area (Å²) in [5.74, 6) is 0. The average molecular weight is 247 g/mol. The fourth-order valence-corrected chi connectivity index (χ4v) is 0.421. The number of rotatable bonds is 0. The molecule has 1 aromatic carbocycles. The Balaban J connectivity index is 0. The zero-order valence-electron chi connectivity index (χ0n) is 5.97. The quantitative estimate of drug-likeness (QED) is 0.505. The monoisotopic (exact) mass is 249 g/mol. The maximum atomic E-state index is 9.08. The standard InChI is InChI=1S/C5H5.2CO.Mo.NO/c1-2-4-5-3-1;2*1-2;;1-2/h1-5H;;;;/q-1;;;+2;-1. The first kappa shape index (κ1) is 13.4. The van der Waals surface area contributed by atoms with E-state index in [9.17, 15) is 0 Å². The largest absolute Gasteiger partial charge is 0.577 e. The van der Waals surface area contributed by atoms with Crippen molar-refractivity contribution in [2.75, 3.05) is 0 Å². The number of carbonyl (C=O) groups excluding carboxylic acids is 2. The van der Waals surface area contributed by atoms with Crippen LogP contribution in [0.3, 0.4) is 0 Å². The summed E-state index contributed by atoms with van der Waals surface area (Å²) in [6.07, 6.45) is 0. The molecule has 0 unspecified atom stereocenters. The van der Waals surface area contributed by atoms with Gasteiger partial charge in [0.05, 0.1) is 0 Å². The summed E-state index contributed by atoms with van der Waals surface area (Å²) in [7, 11) is 0. The van der Waals surface area contributed by atoms with Gasteiger partial charge in [-0.1, -0.05) is 0 Å². The number of hydrogen-bond acceptors (Lipinski definition) is 3. The zero-order valence-corrected chi connectivity index (χ0v) is 7.97. The van der Waals surface area contributed by atoms with E-state index >= 15 is 0 Å². The minimum absolute atomic E-state index is 1.12. The van der Waals surface area contributed by atoms with Crippen molar-refractivity contribution in [3.8, 4) is 0 Å². The van der Waals surface area contributed by atoms with Crippen molar-refractivity contribution >= 4 is 8.53 Å². The van der Waals surface area contributed by atoms with E-state index in [1.807, 2.05) is 30.3 Å². The van der Waals surface area contributed by atoms with Crippen molar-refractivity contribution in [2.24, 2.45) is 0 Å². The molecule has 0 saturated carbocycles. The van der Waals surface area contributed by atoms with Gasteiger partial charge in [-0.15, -0.1) is 0 Å². The van der Waals surface area contributed by atoms with Crippen LogP contribution >= 0.6 is 0 Å². The summed E-state index contributed by atoms with van der Waals surface area (Å²) in [6.45, 7) is 0. The Labute approximate surface area is 76.9 Å². The molecule has 0 saturated heterocycles. The van der Waals surface area contributed by atoms with Crippen molar-refractivity contribution in [3.05, 3.63) is 40.8 Å². The smallest absolute Gasteiger partial charge is 0.172 e. The first-order chi connectivity index (χ1) is 5.91. The minimum Gasteiger partial charge on any atom is -0.577 e. The molecular weight excluding hydrogens is 242 g/mol. The molecule has 12 heavy (non-hydrogen) atoms. The topological polar surface area (TPSA) is 73.5 Å². The Kier molecular flexibility index (Phi) is 18.3. The van der Waals surface area contributed by atoms with E-state index < -0.39 is 17.6 Å². The van der Waals surface area contributed by atoms with Gasteiger partial charge in [0, 0.05) is 0 Å². The molecule has 0 aliphatic heterocycles. The van der Waals surface area contributed by atoms with Crippen LogP contribution in [-0.2, 0) is 27.2 Å². The molecule has 0 heterocycles. The van der Waals surface area contributed by atoms with E-state index in [-0.39, 0.29) is 0 Å². The van der Waals surface area contributed by atoms with E-state index in [1.165, 1.54) is 8.53 Å². The van der Waals surface area contributed by atoms with Crippen molar-refractivity contribution in [1.82, 2.24) is 0 Å². The molecule has 0 aromatic heterocycles. The predicted octanol–water partition coefficient (Wildman–Crippen LogP) is 0.931. The molecule has 0 amide bonds. The summed E-state index contributed by atoms with van der Waals surface area (Å²) >= 11 is -1.12. The van der Waals surface area contributed by atoms with Gasteiger partial charge in [-0.2, -0.15) is 18.2 Å². The van der Waals surface area contributed by atoms with Gasteiger partial charge in [-0.05, 0) is 0 Å². The number of nitroso groups, excluding NO2 is 1. The molecule has 1 rings (SSSR count). The molecule has 0 aliphatic rings. The third-order valence-corrected chi connectivity index (χ3v) is 1.05. The fraction of sp³-hybridized carbons (Fsp3) is 0. The summed E-state index contributed by atoms with van der Waals surface area (Å²) in [4.78, 5) is 25.4. The van der Waals surface area contributed by atoms with Gasteiger partial charge >= 0.3 is 35.8 Å². The van der Waals surface area contributed by atoms with Crippen LogP contribution in [0, 0.1) is 4.91 Å². The van der Waals surface area contributed by atoms with Crippen molar-refractivity contribution in [2.45, 2.75) is 0 Å². The summed E-state index contributed by atoms with van der Waals surface area (Å²) in [5, 5.41) is 0. The maximum Gasteiger partial charge on any atom is -0.172 e. The minimum atomic E-state index is -1.12. The molecule has 0 N–H and O–H groups in total. The molecule has 5 heteroatoms. The van der Waals surface area contributed by atoms with Crippen LogP contribution in [0.5, 0.6) is 0 Å². The van der Waals surface area contributed by atoms with Crippen LogP contribution in [-0.4, -0.2) is 8.53 Å². The van der Waals surface area contributed by atoms with Gasteiger partial charge in [0.1, 0.15) is 0 Å². The molecule has 0 spiro atoms. The van der Waals surface area contributed by atoms with Crippen molar-refractivity contribution in [1.29, 1.82) is 0 Å². The van der Waals surface area contributed by atoms with E-state index in [0.717, 1.165) is 0 Å².